The van der Waals surface area contributed by atoms with Crippen molar-refractivity contribution >= 4 is 28.1 Å². The Hall–Kier alpha value is -1.88. The van der Waals surface area contributed by atoms with Crippen LogP contribution < -0.4 is 10.2 Å². The van der Waals surface area contributed by atoms with Crippen LogP contribution in [0.4, 0.5) is 10.8 Å². The average Bonchev–Trinajstić information content (AvgIpc) is 2.89. The van der Waals surface area contributed by atoms with Crippen LogP contribution in [0.25, 0.3) is 0 Å². The van der Waals surface area contributed by atoms with Gasteiger partial charge in [-0.25, -0.2) is 4.98 Å². The topological polar surface area (TPSA) is 45.2 Å². The molecule has 0 fully saturated rings. The van der Waals surface area contributed by atoms with Gasteiger partial charge < -0.3 is 10.2 Å². The van der Waals surface area contributed by atoms with Crippen molar-refractivity contribution in [3.63, 3.8) is 0 Å². The number of anilines is 2. The first kappa shape index (κ1) is 15.5. The predicted molar refractivity (Wildman–Crippen MR) is 88.6 cm³/mol. The second-order valence-electron chi connectivity index (χ2n) is 5.09. The Morgan fingerprint density at radius 3 is 2.67 bits per heavy atom. The number of benzene rings is 1. The van der Waals surface area contributed by atoms with Crippen molar-refractivity contribution in [2.75, 3.05) is 11.9 Å². The molecule has 2 rings (SSSR count). The maximum absolute atomic E-state index is 12.2. The summed E-state index contributed by atoms with van der Waals surface area (Å²) in [5.74, 6) is -0.0351. The number of thiazole rings is 1. The van der Waals surface area contributed by atoms with Crippen molar-refractivity contribution in [3.8, 4) is 0 Å². The van der Waals surface area contributed by atoms with Crippen molar-refractivity contribution in [2.45, 2.75) is 33.2 Å². The van der Waals surface area contributed by atoms with Gasteiger partial charge in [-0.1, -0.05) is 36.5 Å². The first-order valence-corrected chi connectivity index (χ1v) is 7.91. The molecule has 0 aliphatic heterocycles. The number of rotatable bonds is 5. The number of aryl methyl sites for hydroxylation is 1. The van der Waals surface area contributed by atoms with E-state index in [4.69, 9.17) is 0 Å². The molecule has 21 heavy (non-hydrogen) atoms. The molecule has 1 aromatic carbocycles. The second-order valence-corrected chi connectivity index (χ2v) is 6.07. The lowest BCUT2D eigenvalue weighted by Crippen LogP contribution is -2.31. The van der Waals surface area contributed by atoms with Crippen molar-refractivity contribution < 1.29 is 4.79 Å². The molecule has 0 unspecified atom stereocenters. The van der Waals surface area contributed by atoms with Gasteiger partial charge in [0, 0.05) is 18.8 Å². The Kier molecular flexibility index (Phi) is 4.96. The summed E-state index contributed by atoms with van der Waals surface area (Å²) in [5.41, 5.74) is 1.83. The number of para-hydroxylation sites is 1. The molecule has 1 N–H and O–H groups in total. The Labute approximate surface area is 129 Å². The zero-order chi connectivity index (χ0) is 15.4. The van der Waals surface area contributed by atoms with Crippen molar-refractivity contribution in [3.05, 3.63) is 40.9 Å². The van der Waals surface area contributed by atoms with Crippen LogP contribution in [-0.4, -0.2) is 24.0 Å². The molecular formula is C16H21N3OS. The van der Waals surface area contributed by atoms with Crippen LogP contribution in [0.2, 0.25) is 0 Å². The van der Waals surface area contributed by atoms with E-state index in [0.29, 0.717) is 4.88 Å². The molecule has 0 radical (unpaired) electrons. The van der Waals surface area contributed by atoms with E-state index in [1.807, 2.05) is 56.1 Å². The first-order chi connectivity index (χ1) is 10.0. The van der Waals surface area contributed by atoms with Gasteiger partial charge in [0.25, 0.3) is 5.91 Å². The summed E-state index contributed by atoms with van der Waals surface area (Å²) in [6.07, 6.45) is 0.917. The number of aromatic nitrogens is 1. The number of carbonyl (C=O) groups is 1. The largest absolute Gasteiger partial charge is 0.349 e. The fourth-order valence-corrected chi connectivity index (χ4v) is 2.84. The zero-order valence-corrected chi connectivity index (χ0v) is 13.7. The van der Waals surface area contributed by atoms with Crippen molar-refractivity contribution in [1.82, 2.24) is 10.3 Å². The standard InChI is InChI=1S/C16H21N3OS/c1-5-11(2)17-15(20)14-12(3)18-16(21-14)19(4)13-9-7-6-8-10-13/h6-11H,5H2,1-4H3,(H,17,20)/t11-/m0/s1. The van der Waals surface area contributed by atoms with Crippen molar-refractivity contribution in [1.29, 1.82) is 0 Å². The maximum atomic E-state index is 12.2. The van der Waals surface area contributed by atoms with Crippen molar-refractivity contribution in [2.24, 2.45) is 0 Å². The predicted octanol–water partition coefficient (Wildman–Crippen LogP) is 3.75. The summed E-state index contributed by atoms with van der Waals surface area (Å²) >= 11 is 1.43. The third-order valence-corrected chi connectivity index (χ3v) is 4.64. The molecule has 1 amide bonds. The van der Waals surface area contributed by atoms with E-state index in [1.165, 1.54) is 11.3 Å². The normalized spacial score (nSPS) is 12.0. The Bertz CT molecular complexity index is 609. The fourth-order valence-electron chi connectivity index (χ4n) is 1.89. The second kappa shape index (κ2) is 6.72. The summed E-state index contributed by atoms with van der Waals surface area (Å²) in [4.78, 5) is 19.5. The highest BCUT2D eigenvalue weighted by Crippen LogP contribution is 2.30. The number of nitrogens with zero attached hydrogens (tertiary/aromatic N) is 2. The number of carbonyl (C=O) groups excluding carboxylic acids is 1. The lowest BCUT2D eigenvalue weighted by molar-refractivity contribution is 0.0942. The summed E-state index contributed by atoms with van der Waals surface area (Å²) in [6, 6.07) is 10.2. The summed E-state index contributed by atoms with van der Waals surface area (Å²) in [7, 11) is 1.96. The highest BCUT2D eigenvalue weighted by molar-refractivity contribution is 7.17. The Balaban J connectivity index is 2.21. The monoisotopic (exact) mass is 303 g/mol. The van der Waals surface area contributed by atoms with E-state index in [1.54, 1.807) is 0 Å². The number of amides is 1. The molecule has 0 bridgehead atoms. The number of hydrogen-bond acceptors (Lipinski definition) is 4. The van der Waals surface area contributed by atoms with Gasteiger partial charge >= 0.3 is 0 Å². The molecule has 0 saturated heterocycles. The van der Waals surface area contributed by atoms with Gasteiger partial charge in [-0.15, -0.1) is 0 Å². The molecule has 112 valence electrons. The molecule has 2 aromatic rings. The fraction of sp³-hybridized carbons (Fsp3) is 0.375. The van der Waals surface area contributed by atoms with Crippen LogP contribution in [0.3, 0.4) is 0 Å². The van der Waals surface area contributed by atoms with E-state index in [0.717, 1.165) is 22.9 Å². The van der Waals surface area contributed by atoms with Crippen LogP contribution in [0.1, 0.15) is 35.6 Å². The van der Waals surface area contributed by atoms with Gasteiger partial charge in [-0.3, -0.25) is 4.79 Å². The maximum Gasteiger partial charge on any atom is 0.263 e. The Morgan fingerprint density at radius 2 is 2.05 bits per heavy atom. The van der Waals surface area contributed by atoms with Crippen LogP contribution in [0.15, 0.2) is 30.3 Å². The van der Waals surface area contributed by atoms with Crippen LogP contribution in [0, 0.1) is 6.92 Å². The van der Waals surface area contributed by atoms with Gasteiger partial charge in [0.15, 0.2) is 5.13 Å². The smallest absolute Gasteiger partial charge is 0.263 e. The third kappa shape index (κ3) is 3.61. The molecule has 0 spiro atoms. The number of hydrogen-bond donors (Lipinski definition) is 1. The van der Waals surface area contributed by atoms with Crippen LogP contribution >= 0.6 is 11.3 Å². The SMILES string of the molecule is CC[C@H](C)NC(=O)c1sc(N(C)c2ccccc2)nc1C. The van der Waals surface area contributed by atoms with Gasteiger partial charge in [0.05, 0.1) is 5.69 Å². The minimum atomic E-state index is -0.0351. The highest BCUT2D eigenvalue weighted by Gasteiger charge is 2.18. The lowest BCUT2D eigenvalue weighted by Gasteiger charge is -2.15. The Morgan fingerprint density at radius 1 is 1.38 bits per heavy atom. The molecule has 0 saturated carbocycles. The van der Waals surface area contributed by atoms with E-state index < -0.39 is 0 Å². The first-order valence-electron chi connectivity index (χ1n) is 7.10. The highest BCUT2D eigenvalue weighted by atomic mass is 32.1. The summed E-state index contributed by atoms with van der Waals surface area (Å²) in [6.45, 7) is 5.94. The summed E-state index contributed by atoms with van der Waals surface area (Å²) in [5, 5.41) is 3.82. The van der Waals surface area contributed by atoms with E-state index in [-0.39, 0.29) is 11.9 Å². The third-order valence-electron chi connectivity index (χ3n) is 3.41. The molecule has 0 aliphatic rings. The molecule has 0 aliphatic carbocycles. The minimum absolute atomic E-state index is 0.0351. The van der Waals surface area contributed by atoms with E-state index in [9.17, 15) is 4.79 Å². The van der Waals surface area contributed by atoms with Crippen LogP contribution in [-0.2, 0) is 0 Å². The van der Waals surface area contributed by atoms with Gasteiger partial charge in [0.1, 0.15) is 4.88 Å². The molecule has 5 heteroatoms. The van der Waals surface area contributed by atoms with Gasteiger partial charge in [-0.05, 0) is 32.4 Å². The molecular weight excluding hydrogens is 282 g/mol. The average molecular weight is 303 g/mol. The summed E-state index contributed by atoms with van der Waals surface area (Å²) < 4.78 is 0. The molecule has 1 atom stereocenters. The van der Waals surface area contributed by atoms with E-state index >= 15 is 0 Å². The quantitative estimate of drug-likeness (QED) is 0.915. The van der Waals surface area contributed by atoms with Gasteiger partial charge in [0.2, 0.25) is 0 Å². The van der Waals surface area contributed by atoms with Gasteiger partial charge in [-0.2, -0.15) is 0 Å². The minimum Gasteiger partial charge on any atom is -0.349 e. The molecule has 4 nitrogen and oxygen atoms in total. The molecule has 1 aromatic heterocycles. The number of nitrogens with one attached hydrogen (secondary N) is 1. The van der Waals surface area contributed by atoms with E-state index in [2.05, 4.69) is 17.2 Å². The van der Waals surface area contributed by atoms with Crippen LogP contribution in [0.5, 0.6) is 0 Å². The zero-order valence-electron chi connectivity index (χ0n) is 12.9. The molecule has 1 heterocycles. The lowest BCUT2D eigenvalue weighted by atomic mass is 10.2.